The second kappa shape index (κ2) is 10.0. The van der Waals surface area contributed by atoms with Crippen LogP contribution >= 0.6 is 11.8 Å². The average Bonchev–Trinajstić information content (AvgIpc) is 3.29. The lowest BCUT2D eigenvalue weighted by atomic mass is 10.2. The van der Waals surface area contributed by atoms with Gasteiger partial charge >= 0.3 is 0 Å². The summed E-state index contributed by atoms with van der Waals surface area (Å²) in [6.07, 6.45) is 2.74. The summed E-state index contributed by atoms with van der Waals surface area (Å²) in [4.78, 5) is 12.6. The molecule has 0 aliphatic carbocycles. The maximum atomic E-state index is 13.1. The zero-order valence-electron chi connectivity index (χ0n) is 18.0. The first-order valence-corrected chi connectivity index (χ1v) is 12.9. The van der Waals surface area contributed by atoms with Crippen molar-refractivity contribution in [3.05, 3.63) is 53.8 Å². The highest BCUT2D eigenvalue weighted by Crippen LogP contribution is 2.27. The van der Waals surface area contributed by atoms with Crippen molar-refractivity contribution in [2.75, 3.05) is 24.2 Å². The minimum Gasteiger partial charge on any atom is -0.411 e. The fourth-order valence-corrected chi connectivity index (χ4v) is 5.83. The van der Waals surface area contributed by atoms with Crippen LogP contribution in [0.15, 0.2) is 57.0 Å². The fraction of sp³-hybridized carbons (Fsp3) is 0.318. The highest BCUT2D eigenvalue weighted by molar-refractivity contribution is 7.99. The smallest absolute Gasteiger partial charge is 0.277 e. The molecule has 0 atom stereocenters. The summed E-state index contributed by atoms with van der Waals surface area (Å²) in [6.45, 7) is 2.77. The molecule has 3 aromatic rings. The normalized spacial score (nSPS) is 14.8. The zero-order chi connectivity index (χ0) is 23.4. The number of thioether (sulfide) groups is 1. The fourth-order valence-electron chi connectivity index (χ4n) is 3.50. The molecule has 1 N–H and O–H groups in total. The van der Waals surface area contributed by atoms with Gasteiger partial charge in [0.2, 0.25) is 21.8 Å². The molecule has 0 bridgehead atoms. The number of halogens is 1. The van der Waals surface area contributed by atoms with Gasteiger partial charge in [-0.1, -0.05) is 24.2 Å². The number of hydrogen-bond donors (Lipinski definition) is 1. The van der Waals surface area contributed by atoms with Crippen LogP contribution in [-0.2, 0) is 14.8 Å². The topological polar surface area (TPSA) is 105 Å². The van der Waals surface area contributed by atoms with Crippen LogP contribution in [0, 0.1) is 12.7 Å². The van der Waals surface area contributed by atoms with Crippen molar-refractivity contribution < 1.29 is 22.0 Å². The number of carbonyl (C=O) groups excluding carboxylic acids is 1. The Labute approximate surface area is 195 Å². The van der Waals surface area contributed by atoms with Gasteiger partial charge in [-0.25, -0.2) is 12.8 Å². The minimum absolute atomic E-state index is 0.00681. The van der Waals surface area contributed by atoms with Crippen LogP contribution in [-0.4, -0.2) is 47.7 Å². The summed E-state index contributed by atoms with van der Waals surface area (Å²) < 4.78 is 46.2. The number of amides is 1. The van der Waals surface area contributed by atoms with Crippen molar-refractivity contribution in [2.24, 2.45) is 0 Å². The van der Waals surface area contributed by atoms with Crippen LogP contribution in [0.2, 0.25) is 0 Å². The Hall–Kier alpha value is -2.76. The second-order valence-electron chi connectivity index (χ2n) is 7.66. The molecular formula is C22H23FN4O4S2. The van der Waals surface area contributed by atoms with Gasteiger partial charge in [0.1, 0.15) is 5.82 Å². The molecule has 1 amide bonds. The quantitative estimate of drug-likeness (QED) is 0.497. The second-order valence-corrected chi connectivity index (χ2v) is 10.5. The van der Waals surface area contributed by atoms with Crippen molar-refractivity contribution in [3.8, 4) is 11.5 Å². The monoisotopic (exact) mass is 490 g/mol. The summed E-state index contributed by atoms with van der Waals surface area (Å²) in [6, 6.07) is 10.5. The summed E-state index contributed by atoms with van der Waals surface area (Å²) in [5.41, 5.74) is 1.61. The number of benzene rings is 2. The number of anilines is 1. The van der Waals surface area contributed by atoms with Gasteiger partial charge in [-0.05, 0) is 61.7 Å². The van der Waals surface area contributed by atoms with Crippen molar-refractivity contribution in [1.29, 1.82) is 0 Å². The molecule has 0 radical (unpaired) electrons. The first-order valence-electron chi connectivity index (χ1n) is 10.5. The SMILES string of the molecule is Cc1ccc(NC(=O)CSc2nnc(-c3ccc(F)cc3)o2)cc1S(=O)(=O)N1CCCCC1. The van der Waals surface area contributed by atoms with Gasteiger partial charge in [-0.3, -0.25) is 4.79 Å². The lowest BCUT2D eigenvalue weighted by molar-refractivity contribution is -0.113. The molecule has 33 heavy (non-hydrogen) atoms. The third-order valence-corrected chi connectivity index (χ3v) is 8.09. The number of nitrogens with one attached hydrogen (secondary N) is 1. The van der Waals surface area contributed by atoms with E-state index in [9.17, 15) is 17.6 Å². The highest BCUT2D eigenvalue weighted by Gasteiger charge is 2.27. The van der Waals surface area contributed by atoms with Crippen LogP contribution in [0.25, 0.3) is 11.5 Å². The van der Waals surface area contributed by atoms with E-state index < -0.39 is 10.0 Å². The number of hydrogen-bond acceptors (Lipinski definition) is 7. The maximum absolute atomic E-state index is 13.1. The Bertz CT molecular complexity index is 1240. The molecular weight excluding hydrogens is 467 g/mol. The Morgan fingerprint density at radius 2 is 1.85 bits per heavy atom. The number of piperidine rings is 1. The lowest BCUT2D eigenvalue weighted by Crippen LogP contribution is -2.36. The number of aryl methyl sites for hydroxylation is 1. The van der Waals surface area contributed by atoms with E-state index in [1.165, 1.54) is 34.6 Å². The molecule has 11 heteroatoms. The average molecular weight is 491 g/mol. The van der Waals surface area contributed by atoms with Crippen molar-refractivity contribution >= 4 is 33.4 Å². The van der Waals surface area contributed by atoms with E-state index in [-0.39, 0.29) is 33.5 Å². The predicted octanol–water partition coefficient (Wildman–Crippen LogP) is 4.09. The third-order valence-electron chi connectivity index (χ3n) is 5.23. The number of carbonyl (C=O) groups is 1. The van der Waals surface area contributed by atoms with Crippen molar-refractivity contribution in [2.45, 2.75) is 36.3 Å². The number of nitrogens with zero attached hydrogens (tertiary/aromatic N) is 3. The van der Waals surface area contributed by atoms with Gasteiger partial charge in [0.05, 0.1) is 10.6 Å². The predicted molar refractivity (Wildman–Crippen MR) is 123 cm³/mol. The van der Waals surface area contributed by atoms with Gasteiger partial charge < -0.3 is 9.73 Å². The van der Waals surface area contributed by atoms with Gasteiger partial charge in [0.25, 0.3) is 5.22 Å². The van der Waals surface area contributed by atoms with Gasteiger partial charge in [0.15, 0.2) is 0 Å². The van der Waals surface area contributed by atoms with Gasteiger partial charge in [-0.2, -0.15) is 4.31 Å². The van der Waals surface area contributed by atoms with Crippen LogP contribution in [0.1, 0.15) is 24.8 Å². The summed E-state index contributed by atoms with van der Waals surface area (Å²) >= 11 is 1.05. The molecule has 2 heterocycles. The molecule has 1 aliphatic rings. The first-order chi connectivity index (χ1) is 15.8. The largest absolute Gasteiger partial charge is 0.411 e. The molecule has 8 nitrogen and oxygen atoms in total. The lowest BCUT2D eigenvalue weighted by Gasteiger charge is -2.26. The van der Waals surface area contributed by atoms with Crippen LogP contribution in [0.3, 0.4) is 0 Å². The molecule has 0 unspecified atom stereocenters. The van der Waals surface area contributed by atoms with Gasteiger partial charge in [-0.15, -0.1) is 10.2 Å². The molecule has 0 saturated carbocycles. The Kier molecular flexibility index (Phi) is 7.11. The third kappa shape index (κ3) is 5.60. The molecule has 4 rings (SSSR count). The summed E-state index contributed by atoms with van der Waals surface area (Å²) in [5, 5.41) is 10.7. The van der Waals surface area contributed by atoms with E-state index >= 15 is 0 Å². The minimum atomic E-state index is -3.61. The van der Waals surface area contributed by atoms with E-state index in [0.29, 0.717) is 29.9 Å². The summed E-state index contributed by atoms with van der Waals surface area (Å²) in [7, 11) is -3.61. The van der Waals surface area contributed by atoms with E-state index in [0.717, 1.165) is 31.0 Å². The number of sulfonamides is 1. The standard InChI is InChI=1S/C22H23FN4O4S2/c1-15-5-10-18(13-19(15)33(29,30)27-11-3-2-4-12-27)24-20(28)14-32-22-26-25-21(31-22)16-6-8-17(23)9-7-16/h5-10,13H,2-4,11-12,14H2,1H3,(H,24,28). The molecule has 174 valence electrons. The van der Waals surface area contributed by atoms with Crippen molar-refractivity contribution in [1.82, 2.24) is 14.5 Å². The molecule has 1 fully saturated rings. The first kappa shape index (κ1) is 23.4. The van der Waals surface area contributed by atoms with E-state index in [2.05, 4.69) is 15.5 Å². The Morgan fingerprint density at radius 3 is 2.58 bits per heavy atom. The maximum Gasteiger partial charge on any atom is 0.277 e. The Morgan fingerprint density at radius 1 is 1.12 bits per heavy atom. The van der Waals surface area contributed by atoms with E-state index in [4.69, 9.17) is 4.42 Å². The molecule has 1 aliphatic heterocycles. The number of rotatable bonds is 7. The van der Waals surface area contributed by atoms with Crippen LogP contribution in [0.5, 0.6) is 0 Å². The van der Waals surface area contributed by atoms with Crippen molar-refractivity contribution in [3.63, 3.8) is 0 Å². The van der Waals surface area contributed by atoms with E-state index in [1.807, 2.05) is 0 Å². The molecule has 1 saturated heterocycles. The van der Waals surface area contributed by atoms with Gasteiger partial charge in [0, 0.05) is 24.3 Å². The summed E-state index contributed by atoms with van der Waals surface area (Å²) in [5.74, 6) is -0.490. The highest BCUT2D eigenvalue weighted by atomic mass is 32.2. The molecule has 0 spiro atoms. The zero-order valence-corrected chi connectivity index (χ0v) is 19.6. The van der Waals surface area contributed by atoms with E-state index in [1.54, 1.807) is 19.1 Å². The van der Waals surface area contributed by atoms with Crippen LogP contribution in [0.4, 0.5) is 10.1 Å². The Balaban J connectivity index is 1.39. The van der Waals surface area contributed by atoms with Crippen LogP contribution < -0.4 is 5.32 Å². The number of aromatic nitrogens is 2. The molecule has 2 aromatic carbocycles. The molecule has 1 aromatic heterocycles.